The number of hydrazine groups is 1. The fourth-order valence-electron chi connectivity index (χ4n) is 2.68. The Bertz CT molecular complexity index is 1080. The maximum absolute atomic E-state index is 13.6. The molecule has 0 atom stereocenters. The second kappa shape index (κ2) is 9.66. The fraction of sp³-hybridized carbons (Fsp3) is 0.190. The number of halogens is 1. The molecule has 9 heteroatoms. The number of hydrogen-bond donors (Lipinski definition) is 2. The molecular formula is C21H19FN2O6. The van der Waals surface area contributed by atoms with Crippen molar-refractivity contribution in [1.82, 2.24) is 10.9 Å². The summed E-state index contributed by atoms with van der Waals surface area (Å²) in [6.45, 7) is 1.72. The van der Waals surface area contributed by atoms with Gasteiger partial charge in [-0.15, -0.1) is 0 Å². The lowest BCUT2D eigenvalue weighted by atomic mass is 10.1. The van der Waals surface area contributed by atoms with Crippen molar-refractivity contribution in [2.75, 3.05) is 13.2 Å². The van der Waals surface area contributed by atoms with Crippen LogP contribution in [-0.4, -0.2) is 31.0 Å². The fourth-order valence-corrected chi connectivity index (χ4v) is 2.68. The van der Waals surface area contributed by atoms with E-state index in [4.69, 9.17) is 13.9 Å². The largest absolute Gasteiger partial charge is 0.450 e. The summed E-state index contributed by atoms with van der Waals surface area (Å²) in [5.41, 5.74) is 4.87. The zero-order valence-corrected chi connectivity index (χ0v) is 16.1. The molecular weight excluding hydrogens is 395 g/mol. The molecule has 0 bridgehead atoms. The van der Waals surface area contributed by atoms with Crippen molar-refractivity contribution >= 4 is 28.8 Å². The van der Waals surface area contributed by atoms with Crippen LogP contribution >= 0.6 is 0 Å². The Kier molecular flexibility index (Phi) is 6.76. The van der Waals surface area contributed by atoms with Gasteiger partial charge in [-0.2, -0.15) is 0 Å². The Labute approximate surface area is 170 Å². The molecule has 0 fully saturated rings. The standard InChI is InChI=1S/C21H19FN2O6/c1-2-28-11-15-13-7-4-6-10-17(13)30-19(15)21(27)29-12-18(25)23-24-20(26)14-8-3-5-9-16(14)22/h3-10H,2,11-12H2,1H3,(H,23,25)(H,24,26). The average Bonchev–Trinajstić information content (AvgIpc) is 3.13. The third kappa shape index (κ3) is 4.81. The summed E-state index contributed by atoms with van der Waals surface area (Å²) in [7, 11) is 0. The number of amides is 2. The summed E-state index contributed by atoms with van der Waals surface area (Å²) in [5.74, 6) is -3.30. The first-order chi connectivity index (χ1) is 14.5. The molecule has 2 aromatic carbocycles. The van der Waals surface area contributed by atoms with E-state index in [0.717, 1.165) is 6.07 Å². The first kappa shape index (κ1) is 21.0. The Hall–Kier alpha value is -3.72. The van der Waals surface area contributed by atoms with E-state index in [1.807, 2.05) is 6.92 Å². The van der Waals surface area contributed by atoms with Crippen molar-refractivity contribution in [3.8, 4) is 0 Å². The number of esters is 1. The molecule has 0 unspecified atom stereocenters. The Morgan fingerprint density at radius 1 is 1.03 bits per heavy atom. The lowest BCUT2D eigenvalue weighted by Gasteiger charge is -2.08. The minimum Gasteiger partial charge on any atom is -0.450 e. The highest BCUT2D eigenvalue weighted by Crippen LogP contribution is 2.27. The van der Waals surface area contributed by atoms with Crippen LogP contribution in [0.4, 0.5) is 4.39 Å². The molecule has 3 aromatic rings. The lowest BCUT2D eigenvalue weighted by molar-refractivity contribution is -0.125. The summed E-state index contributed by atoms with van der Waals surface area (Å²) >= 11 is 0. The van der Waals surface area contributed by atoms with E-state index in [1.165, 1.54) is 18.2 Å². The van der Waals surface area contributed by atoms with Gasteiger partial charge >= 0.3 is 5.97 Å². The van der Waals surface area contributed by atoms with Gasteiger partial charge in [-0.25, -0.2) is 9.18 Å². The summed E-state index contributed by atoms with van der Waals surface area (Å²) in [4.78, 5) is 36.2. The molecule has 1 aromatic heterocycles. The van der Waals surface area contributed by atoms with Crippen molar-refractivity contribution in [2.45, 2.75) is 13.5 Å². The quantitative estimate of drug-likeness (QED) is 0.455. The Balaban J connectivity index is 1.59. The van der Waals surface area contributed by atoms with Crippen molar-refractivity contribution in [1.29, 1.82) is 0 Å². The highest BCUT2D eigenvalue weighted by Gasteiger charge is 2.22. The number of benzene rings is 2. The minimum absolute atomic E-state index is 0.0622. The number of fused-ring (bicyclic) bond motifs is 1. The molecule has 0 radical (unpaired) electrons. The molecule has 0 aliphatic carbocycles. The van der Waals surface area contributed by atoms with Crippen LogP contribution < -0.4 is 10.9 Å². The average molecular weight is 414 g/mol. The van der Waals surface area contributed by atoms with Gasteiger partial charge in [-0.1, -0.05) is 30.3 Å². The number of nitrogens with one attached hydrogen (secondary N) is 2. The van der Waals surface area contributed by atoms with Gasteiger partial charge in [0.25, 0.3) is 11.8 Å². The van der Waals surface area contributed by atoms with Gasteiger partial charge in [-0.05, 0) is 25.1 Å². The Morgan fingerprint density at radius 3 is 2.53 bits per heavy atom. The van der Waals surface area contributed by atoms with Crippen molar-refractivity contribution in [2.24, 2.45) is 0 Å². The van der Waals surface area contributed by atoms with Gasteiger partial charge in [0.05, 0.1) is 12.2 Å². The molecule has 2 N–H and O–H groups in total. The van der Waals surface area contributed by atoms with Gasteiger partial charge < -0.3 is 13.9 Å². The molecule has 2 amide bonds. The number of carbonyl (C=O) groups is 3. The molecule has 0 spiro atoms. The molecule has 0 saturated carbocycles. The maximum atomic E-state index is 13.6. The van der Waals surface area contributed by atoms with E-state index in [9.17, 15) is 18.8 Å². The summed E-state index contributed by atoms with van der Waals surface area (Å²) in [6, 6.07) is 12.3. The zero-order valence-electron chi connectivity index (χ0n) is 16.1. The number of para-hydroxylation sites is 1. The van der Waals surface area contributed by atoms with Crippen molar-refractivity contribution in [3.63, 3.8) is 0 Å². The van der Waals surface area contributed by atoms with E-state index in [-0.39, 0.29) is 17.9 Å². The van der Waals surface area contributed by atoms with Gasteiger partial charge in [-0.3, -0.25) is 20.4 Å². The van der Waals surface area contributed by atoms with Crippen LogP contribution in [0.5, 0.6) is 0 Å². The van der Waals surface area contributed by atoms with Crippen LogP contribution in [-0.2, 0) is 20.9 Å². The predicted molar refractivity (Wildman–Crippen MR) is 104 cm³/mol. The number of ether oxygens (including phenoxy) is 2. The van der Waals surface area contributed by atoms with Crippen molar-refractivity contribution < 1.29 is 32.7 Å². The smallest absolute Gasteiger partial charge is 0.375 e. The molecule has 0 saturated heterocycles. The molecule has 0 aliphatic rings. The molecule has 30 heavy (non-hydrogen) atoms. The van der Waals surface area contributed by atoms with Crippen LogP contribution in [0.2, 0.25) is 0 Å². The topological polar surface area (TPSA) is 107 Å². The SMILES string of the molecule is CCOCc1c(C(=O)OCC(=O)NNC(=O)c2ccccc2F)oc2ccccc12. The molecule has 0 aliphatic heterocycles. The molecule has 156 valence electrons. The number of rotatable bonds is 7. The van der Waals surface area contributed by atoms with E-state index in [0.29, 0.717) is 23.1 Å². The predicted octanol–water partition coefficient (Wildman–Crippen LogP) is 2.73. The van der Waals surface area contributed by atoms with Crippen LogP contribution in [0.1, 0.15) is 33.4 Å². The summed E-state index contributed by atoms with van der Waals surface area (Å²) in [6.07, 6.45) is 0. The van der Waals surface area contributed by atoms with Gasteiger partial charge in [0, 0.05) is 17.6 Å². The van der Waals surface area contributed by atoms with Crippen LogP contribution in [0, 0.1) is 5.82 Å². The second-order valence-electron chi connectivity index (χ2n) is 6.10. The van der Waals surface area contributed by atoms with E-state index < -0.39 is 30.2 Å². The van der Waals surface area contributed by atoms with Crippen LogP contribution in [0.3, 0.4) is 0 Å². The minimum atomic E-state index is -0.850. The highest BCUT2D eigenvalue weighted by molar-refractivity contribution is 5.98. The molecule has 8 nitrogen and oxygen atoms in total. The van der Waals surface area contributed by atoms with E-state index in [2.05, 4.69) is 10.9 Å². The number of carbonyl (C=O) groups excluding carboxylic acids is 3. The Morgan fingerprint density at radius 2 is 1.77 bits per heavy atom. The highest BCUT2D eigenvalue weighted by atomic mass is 19.1. The normalized spacial score (nSPS) is 10.6. The monoisotopic (exact) mass is 414 g/mol. The summed E-state index contributed by atoms with van der Waals surface area (Å²) < 4.78 is 29.5. The number of hydrogen-bond acceptors (Lipinski definition) is 6. The maximum Gasteiger partial charge on any atom is 0.375 e. The van der Waals surface area contributed by atoms with Gasteiger partial charge in [0.15, 0.2) is 6.61 Å². The lowest BCUT2D eigenvalue weighted by Crippen LogP contribution is -2.43. The van der Waals surface area contributed by atoms with Crippen LogP contribution in [0.25, 0.3) is 11.0 Å². The van der Waals surface area contributed by atoms with Crippen LogP contribution in [0.15, 0.2) is 52.9 Å². The van der Waals surface area contributed by atoms with Gasteiger partial charge in [0.2, 0.25) is 5.76 Å². The summed E-state index contributed by atoms with van der Waals surface area (Å²) in [5, 5.41) is 0.708. The van der Waals surface area contributed by atoms with Gasteiger partial charge in [0.1, 0.15) is 11.4 Å². The van der Waals surface area contributed by atoms with E-state index >= 15 is 0 Å². The number of furan rings is 1. The zero-order chi connectivity index (χ0) is 21.5. The third-order valence-corrected chi connectivity index (χ3v) is 4.10. The van der Waals surface area contributed by atoms with E-state index in [1.54, 1.807) is 24.3 Å². The second-order valence-corrected chi connectivity index (χ2v) is 6.10. The molecule has 3 rings (SSSR count). The third-order valence-electron chi connectivity index (χ3n) is 4.10. The first-order valence-electron chi connectivity index (χ1n) is 9.10. The molecule has 1 heterocycles. The van der Waals surface area contributed by atoms with Crippen molar-refractivity contribution in [3.05, 3.63) is 71.2 Å². The first-order valence-corrected chi connectivity index (χ1v) is 9.10.